The molecule has 2 unspecified atom stereocenters. The summed E-state index contributed by atoms with van der Waals surface area (Å²) in [7, 11) is 0. The summed E-state index contributed by atoms with van der Waals surface area (Å²) in [5, 5.41) is 3.86. The third kappa shape index (κ3) is 6.30. The first-order valence-electron chi connectivity index (χ1n) is 9.77. The summed E-state index contributed by atoms with van der Waals surface area (Å²) in [6.45, 7) is 2.17. The highest BCUT2D eigenvalue weighted by Gasteiger charge is 2.42. The average molecular weight is 411 g/mol. The van der Waals surface area contributed by atoms with E-state index in [9.17, 15) is 4.79 Å². The molecule has 2 aromatic carbocycles. The third-order valence-corrected chi connectivity index (χ3v) is 4.77. The molecule has 158 valence electrons. The number of carbonyl (C=O) groups is 1. The smallest absolute Gasteiger partial charge is 0.302 e. The van der Waals surface area contributed by atoms with Crippen LogP contribution >= 0.6 is 0 Å². The predicted molar refractivity (Wildman–Crippen MR) is 109 cm³/mol. The maximum absolute atomic E-state index is 11.3. The molecule has 2 aromatic rings. The normalized spacial score (nSPS) is 23.4. The molecule has 0 aliphatic carbocycles. The Kier molecular flexibility index (Phi) is 8.23. The van der Waals surface area contributed by atoms with Crippen molar-refractivity contribution in [1.29, 1.82) is 0 Å². The Morgan fingerprint density at radius 1 is 1.03 bits per heavy atom. The van der Waals surface area contributed by atoms with Gasteiger partial charge < -0.3 is 18.9 Å². The Morgan fingerprint density at radius 3 is 2.13 bits per heavy atom. The largest absolute Gasteiger partial charge is 0.463 e. The van der Waals surface area contributed by atoms with Gasteiger partial charge in [-0.3, -0.25) is 4.79 Å². The van der Waals surface area contributed by atoms with E-state index in [-0.39, 0.29) is 13.2 Å². The zero-order valence-electron chi connectivity index (χ0n) is 16.8. The van der Waals surface area contributed by atoms with E-state index in [0.29, 0.717) is 13.2 Å². The van der Waals surface area contributed by atoms with Crippen LogP contribution in [0.25, 0.3) is 10.4 Å². The first-order valence-corrected chi connectivity index (χ1v) is 9.77. The molecule has 0 saturated carbocycles. The molecule has 1 saturated heterocycles. The highest BCUT2D eigenvalue weighted by Crippen LogP contribution is 2.26. The third-order valence-electron chi connectivity index (χ3n) is 4.77. The summed E-state index contributed by atoms with van der Waals surface area (Å²) in [4.78, 5) is 14.3. The molecular weight excluding hydrogens is 386 g/mol. The highest BCUT2D eigenvalue weighted by atomic mass is 16.6. The lowest BCUT2D eigenvalue weighted by atomic mass is 9.98. The minimum Gasteiger partial charge on any atom is -0.463 e. The van der Waals surface area contributed by atoms with E-state index in [0.717, 1.165) is 11.1 Å². The second-order valence-electron chi connectivity index (χ2n) is 6.97. The van der Waals surface area contributed by atoms with Gasteiger partial charge in [-0.1, -0.05) is 65.8 Å². The lowest BCUT2D eigenvalue weighted by Gasteiger charge is -2.40. The zero-order chi connectivity index (χ0) is 21.2. The van der Waals surface area contributed by atoms with Crippen LogP contribution in [-0.4, -0.2) is 43.5 Å². The topological polar surface area (TPSA) is 103 Å². The molecule has 3 rings (SSSR count). The number of benzene rings is 2. The van der Waals surface area contributed by atoms with Crippen LogP contribution in [-0.2, 0) is 37.0 Å². The van der Waals surface area contributed by atoms with Gasteiger partial charge in [0.25, 0.3) is 0 Å². The van der Waals surface area contributed by atoms with Crippen LogP contribution in [0, 0.1) is 0 Å². The van der Waals surface area contributed by atoms with Crippen molar-refractivity contribution in [1.82, 2.24) is 0 Å². The minimum absolute atomic E-state index is 0.0307. The second kappa shape index (κ2) is 11.3. The van der Waals surface area contributed by atoms with Crippen molar-refractivity contribution < 1.29 is 23.7 Å². The van der Waals surface area contributed by atoms with Crippen LogP contribution in [0.2, 0.25) is 0 Å². The van der Waals surface area contributed by atoms with Crippen molar-refractivity contribution in [3.05, 3.63) is 82.2 Å². The Balaban J connectivity index is 1.78. The molecule has 1 aliphatic rings. The molecule has 0 N–H and O–H groups in total. The van der Waals surface area contributed by atoms with Gasteiger partial charge in [0, 0.05) is 11.8 Å². The van der Waals surface area contributed by atoms with Gasteiger partial charge in [0.1, 0.15) is 18.8 Å². The average Bonchev–Trinajstić information content (AvgIpc) is 2.77. The molecule has 1 fully saturated rings. The quantitative estimate of drug-likeness (QED) is 0.270. The fraction of sp³-hybridized carbons (Fsp3) is 0.409. The number of nitrogens with zero attached hydrogens (tertiary/aromatic N) is 3. The van der Waals surface area contributed by atoms with E-state index in [4.69, 9.17) is 24.5 Å². The summed E-state index contributed by atoms with van der Waals surface area (Å²) in [6, 6.07) is 18.8. The summed E-state index contributed by atoms with van der Waals surface area (Å²) in [5.74, 6) is -0.403. The number of esters is 1. The molecule has 0 amide bonds. The number of rotatable bonds is 9. The lowest BCUT2D eigenvalue weighted by molar-refractivity contribution is -0.204. The number of carbonyl (C=O) groups excluding carboxylic acids is 1. The van der Waals surface area contributed by atoms with Gasteiger partial charge in [0.2, 0.25) is 0 Å². The van der Waals surface area contributed by atoms with Crippen molar-refractivity contribution >= 4 is 5.97 Å². The van der Waals surface area contributed by atoms with Gasteiger partial charge in [-0.2, -0.15) is 0 Å². The van der Waals surface area contributed by atoms with Gasteiger partial charge in [0.05, 0.1) is 32.0 Å². The molecule has 0 bridgehead atoms. The summed E-state index contributed by atoms with van der Waals surface area (Å²) in [6.07, 6.45) is -1.68. The summed E-state index contributed by atoms with van der Waals surface area (Å²) in [5.41, 5.74) is 11.0. The van der Waals surface area contributed by atoms with Crippen LogP contribution in [0.3, 0.4) is 0 Å². The number of hydrogen-bond donors (Lipinski definition) is 0. The molecule has 0 spiro atoms. The molecular formula is C22H25N3O5. The highest BCUT2D eigenvalue weighted by molar-refractivity contribution is 5.65. The fourth-order valence-electron chi connectivity index (χ4n) is 3.29. The molecule has 1 heterocycles. The summed E-state index contributed by atoms with van der Waals surface area (Å²) < 4.78 is 23.3. The molecule has 8 heteroatoms. The van der Waals surface area contributed by atoms with Crippen LogP contribution < -0.4 is 0 Å². The number of azide groups is 1. The zero-order valence-corrected chi connectivity index (χ0v) is 16.8. The van der Waals surface area contributed by atoms with E-state index in [1.54, 1.807) is 0 Å². The van der Waals surface area contributed by atoms with Gasteiger partial charge >= 0.3 is 5.97 Å². The van der Waals surface area contributed by atoms with Crippen molar-refractivity contribution in [3.8, 4) is 0 Å². The lowest BCUT2D eigenvalue weighted by Crippen LogP contribution is -2.56. The van der Waals surface area contributed by atoms with Crippen molar-refractivity contribution in [3.63, 3.8) is 0 Å². The molecule has 8 nitrogen and oxygen atoms in total. The number of hydrogen-bond acceptors (Lipinski definition) is 6. The maximum atomic E-state index is 11.3. The van der Waals surface area contributed by atoms with E-state index in [1.165, 1.54) is 6.92 Å². The van der Waals surface area contributed by atoms with E-state index in [2.05, 4.69) is 10.0 Å². The van der Waals surface area contributed by atoms with Gasteiger partial charge in [-0.25, -0.2) is 0 Å². The van der Waals surface area contributed by atoms with Crippen LogP contribution in [0.1, 0.15) is 18.1 Å². The van der Waals surface area contributed by atoms with Gasteiger partial charge in [-0.15, -0.1) is 0 Å². The number of ether oxygens (including phenoxy) is 4. The molecule has 0 radical (unpaired) electrons. The maximum Gasteiger partial charge on any atom is 0.302 e. The van der Waals surface area contributed by atoms with Crippen molar-refractivity contribution in [2.75, 3.05) is 13.2 Å². The first-order chi connectivity index (χ1) is 14.7. The molecule has 30 heavy (non-hydrogen) atoms. The monoisotopic (exact) mass is 411 g/mol. The fourth-order valence-corrected chi connectivity index (χ4v) is 3.29. The predicted octanol–water partition coefficient (Wildman–Crippen LogP) is 3.80. The van der Waals surface area contributed by atoms with E-state index in [1.807, 2.05) is 60.7 Å². The Bertz CT molecular complexity index is 842. The van der Waals surface area contributed by atoms with Crippen LogP contribution in [0.15, 0.2) is 65.8 Å². The molecule has 4 atom stereocenters. The molecule has 1 aliphatic heterocycles. The first kappa shape index (κ1) is 21.8. The van der Waals surface area contributed by atoms with Crippen molar-refractivity contribution in [2.24, 2.45) is 5.11 Å². The second-order valence-corrected chi connectivity index (χ2v) is 6.97. The standard InChI is InChI=1S/C22H25N3O5/c1-16(26)27-15-20-22(30-13-18-10-6-3-7-11-18)21(19(14-28-20)24-25-23)29-12-17-8-4-2-5-9-17/h2-11,19-22H,12-15H2,1H3/t19?,20?,21-,22-/m0/s1. The Morgan fingerprint density at radius 2 is 1.60 bits per heavy atom. The van der Waals surface area contributed by atoms with Gasteiger partial charge in [0.15, 0.2) is 0 Å². The van der Waals surface area contributed by atoms with Crippen LogP contribution in [0.5, 0.6) is 0 Å². The Hall–Kier alpha value is -2.90. The Labute approximate surface area is 175 Å². The van der Waals surface area contributed by atoms with Crippen LogP contribution in [0.4, 0.5) is 0 Å². The summed E-state index contributed by atoms with van der Waals surface area (Å²) >= 11 is 0. The SMILES string of the molecule is CC(=O)OCC1OCC(N=[N+]=[N-])[C@H](OCc2ccccc2)[C@H]1OCc1ccccc1. The molecule has 0 aromatic heterocycles. The van der Waals surface area contributed by atoms with E-state index >= 15 is 0 Å². The van der Waals surface area contributed by atoms with Gasteiger partial charge in [-0.05, 0) is 16.7 Å². The van der Waals surface area contributed by atoms with Crippen molar-refractivity contribution in [2.45, 2.75) is 44.5 Å². The van der Waals surface area contributed by atoms with E-state index < -0.39 is 30.3 Å². The minimum atomic E-state index is -0.586.